The van der Waals surface area contributed by atoms with Crippen molar-refractivity contribution in [2.75, 3.05) is 0 Å². The van der Waals surface area contributed by atoms with E-state index in [4.69, 9.17) is 28.2 Å². The lowest BCUT2D eigenvalue weighted by Gasteiger charge is -2.30. The van der Waals surface area contributed by atoms with Crippen LogP contribution < -0.4 is 0 Å². The predicted octanol–water partition coefficient (Wildman–Crippen LogP) is 35.7. The normalized spacial score (nSPS) is 15.4. The van der Waals surface area contributed by atoms with E-state index >= 15 is 0 Å². The molecule has 6 heterocycles. The number of hydrogen-bond donors (Lipinski definition) is 0. The van der Waals surface area contributed by atoms with Crippen LogP contribution in [0.25, 0.3) is 228 Å². The number of rotatable bonds is 7. The molecular weight excluding hydrogens is 1810 g/mol. The predicted molar refractivity (Wildman–Crippen MR) is 609 cm³/mol. The van der Waals surface area contributed by atoms with Crippen LogP contribution in [0.5, 0.6) is 0 Å². The van der Waals surface area contributed by atoms with E-state index in [9.17, 15) is 0 Å². The van der Waals surface area contributed by atoms with Crippen LogP contribution in [0.1, 0.15) is 81.6 Å². The summed E-state index contributed by atoms with van der Waals surface area (Å²) in [6.45, 7) is 0. The van der Waals surface area contributed by atoms with E-state index in [1.807, 2.05) is 12.1 Å². The van der Waals surface area contributed by atoms with Crippen molar-refractivity contribution in [1.82, 2.24) is 28.7 Å². The van der Waals surface area contributed by atoms with Crippen LogP contribution in [0, 0.1) is 0 Å². The zero-order valence-corrected chi connectivity index (χ0v) is 79.3. The van der Waals surface area contributed by atoms with Crippen LogP contribution in [-0.4, -0.2) is 28.7 Å². The molecular formula is C140H90N6O3. The Balaban J connectivity index is 0.000000102. The lowest BCUT2D eigenvalue weighted by Crippen LogP contribution is -2.25. The van der Waals surface area contributed by atoms with Crippen molar-refractivity contribution in [1.29, 1.82) is 0 Å². The first-order valence-corrected chi connectivity index (χ1v) is 50.5. The van der Waals surface area contributed by atoms with Crippen molar-refractivity contribution in [2.45, 2.75) is 31.1 Å². The maximum Gasteiger partial charge on any atom is 0.145 e. The van der Waals surface area contributed by atoms with Gasteiger partial charge in [-0.3, -0.25) is 13.7 Å². The van der Waals surface area contributed by atoms with E-state index in [0.29, 0.717) is 0 Å². The molecule has 0 radical (unpaired) electrons. The molecule has 6 aliphatic carbocycles. The van der Waals surface area contributed by atoms with E-state index in [2.05, 4.69) is 499 Å². The molecule has 6 aromatic heterocycles. The quantitative estimate of drug-likeness (QED) is 0.158. The summed E-state index contributed by atoms with van der Waals surface area (Å²) in [5.41, 5.74) is 49.9. The Morgan fingerprint density at radius 1 is 0.174 bits per heavy atom. The van der Waals surface area contributed by atoms with E-state index in [1.165, 1.54) is 145 Å². The van der Waals surface area contributed by atoms with Crippen LogP contribution >= 0.6 is 0 Å². The van der Waals surface area contributed by atoms with Crippen molar-refractivity contribution >= 4 is 98.9 Å². The topological polar surface area (TPSA) is 92.9 Å². The standard InChI is InChI=1S/C50H30N2O.2C44H26N2O.2CH4/c1-2-13-32(14-3-1)49-51-43-22-9-10-23-44(43)52(49)33-27-25-31(26-28-33)34-18-12-21-41-46(34)37-16-4-7-19-39(37)50(41)40-20-8-5-17-38(40)47-42(50)30-29-36-35-15-6-11-24-45(35)53-48(36)47;1-2-13-27(14-3-1)43-45-36-21-9-10-22-37(36)46(43)38-23-12-20-34-40(38)30-16-4-7-18-32(30)44(34)33-19-8-5-17-31(33)41-35(44)26-25-29-28-15-6-11-24-39(28)47-42(29)41;1-2-12-27(13-3-1)43-45-38-19-9-10-20-39(38)46(43)28-22-24-36-33(26-28)29-14-4-7-17-34(29)44(36)35-18-8-5-16-32(35)41-37(44)25-23-31-30-15-6-11-21-40(30)47-42(31)41;;/h1-30H;2*1-26H;2*1H4. The summed E-state index contributed by atoms with van der Waals surface area (Å²) >= 11 is 0. The number of para-hydroxylation sites is 9. The Morgan fingerprint density at radius 3 is 0.886 bits per heavy atom. The minimum atomic E-state index is -0.496. The average Bonchev–Trinajstić information content (AvgIpc) is 1.49. The Morgan fingerprint density at radius 2 is 0.456 bits per heavy atom. The highest BCUT2D eigenvalue weighted by Crippen LogP contribution is 2.70. The molecule has 0 bridgehead atoms. The van der Waals surface area contributed by atoms with E-state index in [-0.39, 0.29) is 14.9 Å². The zero-order valence-electron chi connectivity index (χ0n) is 79.3. The highest BCUT2D eigenvalue weighted by molar-refractivity contribution is 6.18. The van der Waals surface area contributed by atoms with Gasteiger partial charge in [-0.15, -0.1) is 0 Å². The number of nitrogens with zero attached hydrogens (tertiary/aromatic N) is 6. The monoisotopic (exact) mass is 1900 g/mol. The molecule has 34 rings (SSSR count). The van der Waals surface area contributed by atoms with Gasteiger partial charge in [0.1, 0.15) is 51.0 Å². The fraction of sp³-hybridized carbons (Fsp3) is 0.0357. The van der Waals surface area contributed by atoms with E-state index in [0.717, 1.165) is 150 Å². The van der Waals surface area contributed by atoms with Crippen molar-refractivity contribution in [3.63, 3.8) is 0 Å². The van der Waals surface area contributed by atoms with Crippen molar-refractivity contribution in [2.24, 2.45) is 0 Å². The lowest BCUT2D eigenvalue weighted by molar-refractivity contribution is 0.668. The van der Waals surface area contributed by atoms with Gasteiger partial charge in [0.15, 0.2) is 0 Å². The van der Waals surface area contributed by atoms with E-state index < -0.39 is 16.2 Å². The van der Waals surface area contributed by atoms with Crippen molar-refractivity contribution < 1.29 is 13.3 Å². The molecule has 28 aromatic rings. The second-order valence-electron chi connectivity index (χ2n) is 39.5. The first kappa shape index (κ1) is 85.3. The first-order chi connectivity index (χ1) is 73.0. The average molecular weight is 1900 g/mol. The number of imidazole rings is 3. The van der Waals surface area contributed by atoms with Gasteiger partial charge in [-0.2, -0.15) is 0 Å². The minimum Gasteiger partial charge on any atom is -0.455 e. The molecule has 0 saturated heterocycles. The number of aromatic nitrogens is 6. The summed E-state index contributed by atoms with van der Waals surface area (Å²) in [4.78, 5) is 15.4. The summed E-state index contributed by atoms with van der Waals surface area (Å²) < 4.78 is 27.1. The molecule has 698 valence electrons. The van der Waals surface area contributed by atoms with E-state index in [1.54, 1.807) is 0 Å². The molecule has 0 N–H and O–H groups in total. The van der Waals surface area contributed by atoms with Gasteiger partial charge >= 0.3 is 0 Å². The zero-order chi connectivity index (χ0) is 96.1. The molecule has 6 aliphatic rings. The fourth-order valence-electron chi connectivity index (χ4n) is 26.8. The van der Waals surface area contributed by atoms with Gasteiger partial charge < -0.3 is 13.3 Å². The summed E-state index contributed by atoms with van der Waals surface area (Å²) in [6.07, 6.45) is 0. The van der Waals surface area contributed by atoms with Crippen LogP contribution in [-0.2, 0) is 16.2 Å². The van der Waals surface area contributed by atoms with Crippen molar-refractivity contribution in [3.8, 4) is 129 Å². The SMILES string of the molecule is C.C.c1ccc(-c2nc3ccccc3n2-c2ccc(-c3cccc4c3-c3ccccc3C43c4ccccc4-c4c3ccc3c4oc4ccccc43)cc2)cc1.c1ccc(-c2nc3ccccc3n2-c2ccc3c(c2)-c2ccccc2C32c3ccccc3-c3c2ccc2c3oc3ccccc32)cc1.c1ccc(-c2nc3ccccc3n2-c2cccc3c2-c2ccccc2C32c3ccccc3-c3c2ccc2c3oc3ccccc32)cc1. The van der Waals surface area contributed by atoms with Crippen LogP contribution in [0.4, 0.5) is 0 Å². The van der Waals surface area contributed by atoms with Crippen LogP contribution in [0.15, 0.2) is 511 Å². The Bertz CT molecular complexity index is 10500. The third-order valence-corrected chi connectivity index (χ3v) is 32.5. The van der Waals surface area contributed by atoms with Crippen LogP contribution in [0.2, 0.25) is 0 Å². The summed E-state index contributed by atoms with van der Waals surface area (Å²) in [6, 6.07) is 179. The Kier molecular flexibility index (Phi) is 18.5. The molecule has 0 amide bonds. The summed E-state index contributed by atoms with van der Waals surface area (Å²) in [7, 11) is 0. The molecule has 9 heteroatoms. The van der Waals surface area contributed by atoms with Crippen molar-refractivity contribution in [3.05, 3.63) is 564 Å². The number of fused-ring (bicyclic) bond motifs is 45. The highest BCUT2D eigenvalue weighted by atomic mass is 16.3. The van der Waals surface area contributed by atoms with Gasteiger partial charge in [0.05, 0.1) is 55.0 Å². The van der Waals surface area contributed by atoms with Gasteiger partial charge in [-0.25, -0.2) is 15.0 Å². The minimum absolute atomic E-state index is 0. The molecule has 3 spiro atoms. The second-order valence-corrected chi connectivity index (χ2v) is 39.5. The second kappa shape index (κ2) is 32.3. The van der Waals surface area contributed by atoms with Gasteiger partial charge in [0, 0.05) is 82.6 Å². The fourth-order valence-corrected chi connectivity index (χ4v) is 26.8. The number of hydrogen-bond acceptors (Lipinski definition) is 6. The number of furan rings is 3. The Labute approximate surface area is 859 Å². The van der Waals surface area contributed by atoms with Crippen LogP contribution in [0.3, 0.4) is 0 Å². The van der Waals surface area contributed by atoms with Gasteiger partial charge in [-0.05, 0) is 207 Å². The third kappa shape index (κ3) is 11.6. The molecule has 0 fully saturated rings. The maximum atomic E-state index is 6.72. The molecule has 22 aromatic carbocycles. The smallest absolute Gasteiger partial charge is 0.145 e. The highest BCUT2D eigenvalue weighted by Gasteiger charge is 2.57. The molecule has 0 saturated carbocycles. The molecule has 149 heavy (non-hydrogen) atoms. The molecule has 3 atom stereocenters. The van der Waals surface area contributed by atoms with Gasteiger partial charge in [-0.1, -0.05) is 427 Å². The largest absolute Gasteiger partial charge is 0.455 e. The number of benzene rings is 22. The Hall–Kier alpha value is -19.4. The van der Waals surface area contributed by atoms with Gasteiger partial charge in [0.25, 0.3) is 0 Å². The third-order valence-electron chi connectivity index (χ3n) is 32.5. The molecule has 0 aliphatic heterocycles. The lowest BCUT2D eigenvalue weighted by atomic mass is 9.70. The summed E-state index contributed by atoms with van der Waals surface area (Å²) in [5, 5.41) is 6.94. The van der Waals surface area contributed by atoms with Gasteiger partial charge in [0.2, 0.25) is 0 Å². The maximum absolute atomic E-state index is 6.72. The summed E-state index contributed by atoms with van der Waals surface area (Å²) in [5.74, 6) is 2.82. The first-order valence-electron chi connectivity index (χ1n) is 50.5. The molecule has 9 nitrogen and oxygen atoms in total. The molecule has 3 unspecified atom stereocenters.